The van der Waals surface area contributed by atoms with Crippen molar-refractivity contribution in [2.24, 2.45) is 0 Å². The first-order valence-corrected chi connectivity index (χ1v) is 9.29. The van der Waals surface area contributed by atoms with Crippen LogP contribution in [0.3, 0.4) is 0 Å². The largest absolute Gasteiger partial charge is 0.256 e. The van der Waals surface area contributed by atoms with Gasteiger partial charge in [-0.3, -0.25) is 4.98 Å². The number of hydrogen-bond acceptors (Lipinski definition) is 2. The molecular formula is C21H23NS. The van der Waals surface area contributed by atoms with E-state index in [0.717, 1.165) is 5.69 Å². The molecule has 0 atom stereocenters. The molecule has 0 N–H and O–H groups in total. The second-order valence-electron chi connectivity index (χ2n) is 5.87. The zero-order chi connectivity index (χ0) is 15.9. The number of benzene rings is 1. The molecule has 0 saturated heterocycles. The molecule has 0 unspecified atom stereocenters. The standard InChI is InChI=1S/C21H23NS/c1-2-3-4-8-11-19-12-13-21(23-19)18-14-15-22-20(16-18)17-9-6-5-7-10-17/h5-7,9-10,12-16H,2-4,8,11H2,1H3. The minimum atomic E-state index is 1.04. The van der Waals surface area contributed by atoms with Crippen LogP contribution in [0.1, 0.15) is 37.5 Å². The van der Waals surface area contributed by atoms with Crippen molar-refractivity contribution in [3.63, 3.8) is 0 Å². The van der Waals surface area contributed by atoms with Crippen LogP contribution in [0.25, 0.3) is 21.7 Å². The molecular weight excluding hydrogens is 298 g/mol. The summed E-state index contributed by atoms with van der Waals surface area (Å²) in [5.74, 6) is 0. The van der Waals surface area contributed by atoms with Crippen LogP contribution < -0.4 is 0 Å². The highest BCUT2D eigenvalue weighted by Gasteiger charge is 2.06. The van der Waals surface area contributed by atoms with E-state index in [-0.39, 0.29) is 0 Å². The highest BCUT2D eigenvalue weighted by Crippen LogP contribution is 2.31. The van der Waals surface area contributed by atoms with Crippen molar-refractivity contribution in [3.8, 4) is 21.7 Å². The molecule has 0 amide bonds. The van der Waals surface area contributed by atoms with Gasteiger partial charge in [-0.15, -0.1) is 11.3 Å². The third kappa shape index (κ3) is 4.29. The average Bonchev–Trinajstić information content (AvgIpc) is 3.09. The first-order chi connectivity index (χ1) is 11.4. The number of unbranched alkanes of at least 4 members (excludes halogenated alkanes) is 3. The second-order valence-corrected chi connectivity index (χ2v) is 7.04. The van der Waals surface area contributed by atoms with Gasteiger partial charge < -0.3 is 0 Å². The van der Waals surface area contributed by atoms with Crippen molar-refractivity contribution in [1.29, 1.82) is 0 Å². The molecule has 2 aromatic heterocycles. The fourth-order valence-electron chi connectivity index (χ4n) is 2.74. The molecule has 0 fully saturated rings. The molecule has 3 aromatic rings. The zero-order valence-corrected chi connectivity index (χ0v) is 14.5. The number of nitrogens with zero attached hydrogens (tertiary/aromatic N) is 1. The topological polar surface area (TPSA) is 12.9 Å². The van der Waals surface area contributed by atoms with Crippen LogP contribution in [0.5, 0.6) is 0 Å². The Morgan fingerprint density at radius 3 is 2.57 bits per heavy atom. The van der Waals surface area contributed by atoms with Gasteiger partial charge in [0.25, 0.3) is 0 Å². The fraction of sp³-hybridized carbons (Fsp3) is 0.286. The van der Waals surface area contributed by atoms with Gasteiger partial charge in [-0.05, 0) is 42.7 Å². The summed E-state index contributed by atoms with van der Waals surface area (Å²) in [6, 6.07) is 19.2. The Kier molecular flexibility index (Phi) is 5.60. The highest BCUT2D eigenvalue weighted by molar-refractivity contribution is 7.15. The van der Waals surface area contributed by atoms with E-state index in [4.69, 9.17) is 0 Å². The van der Waals surface area contributed by atoms with E-state index >= 15 is 0 Å². The zero-order valence-electron chi connectivity index (χ0n) is 13.7. The van der Waals surface area contributed by atoms with Gasteiger partial charge >= 0.3 is 0 Å². The van der Waals surface area contributed by atoms with E-state index < -0.39 is 0 Å². The maximum atomic E-state index is 4.52. The maximum Gasteiger partial charge on any atom is 0.0708 e. The van der Waals surface area contributed by atoms with Crippen molar-refractivity contribution in [3.05, 3.63) is 65.7 Å². The minimum absolute atomic E-state index is 1.04. The first-order valence-electron chi connectivity index (χ1n) is 8.47. The van der Waals surface area contributed by atoms with Gasteiger partial charge in [-0.1, -0.05) is 56.5 Å². The molecule has 3 rings (SSSR count). The van der Waals surface area contributed by atoms with Crippen LogP contribution in [0.15, 0.2) is 60.8 Å². The Balaban J connectivity index is 1.74. The first kappa shape index (κ1) is 15.9. The molecule has 23 heavy (non-hydrogen) atoms. The van der Waals surface area contributed by atoms with Crippen molar-refractivity contribution < 1.29 is 0 Å². The van der Waals surface area contributed by atoms with E-state index in [1.807, 2.05) is 23.6 Å². The Hall–Kier alpha value is -1.93. The molecule has 0 aliphatic carbocycles. The number of aromatic nitrogens is 1. The number of hydrogen-bond donors (Lipinski definition) is 0. The molecule has 118 valence electrons. The summed E-state index contributed by atoms with van der Waals surface area (Å²) >= 11 is 1.92. The smallest absolute Gasteiger partial charge is 0.0708 e. The molecule has 0 radical (unpaired) electrons. The average molecular weight is 321 g/mol. The van der Waals surface area contributed by atoms with E-state index in [0.29, 0.717) is 0 Å². The lowest BCUT2D eigenvalue weighted by Crippen LogP contribution is -1.83. The summed E-state index contributed by atoms with van der Waals surface area (Å²) in [6.45, 7) is 2.26. The van der Waals surface area contributed by atoms with Gasteiger partial charge in [0.15, 0.2) is 0 Å². The molecule has 0 bridgehead atoms. The van der Waals surface area contributed by atoms with Crippen LogP contribution in [-0.2, 0) is 6.42 Å². The Morgan fingerprint density at radius 2 is 1.74 bits per heavy atom. The molecule has 0 aliphatic rings. The predicted octanol–water partition coefficient (Wildman–Crippen LogP) is 6.60. The van der Waals surface area contributed by atoms with Gasteiger partial charge in [-0.25, -0.2) is 0 Å². The van der Waals surface area contributed by atoms with Gasteiger partial charge in [0.2, 0.25) is 0 Å². The molecule has 1 aromatic carbocycles. The van der Waals surface area contributed by atoms with Gasteiger partial charge in [-0.2, -0.15) is 0 Å². The van der Waals surface area contributed by atoms with Crippen LogP contribution >= 0.6 is 11.3 Å². The lowest BCUT2D eigenvalue weighted by atomic mass is 10.1. The van der Waals surface area contributed by atoms with Crippen LogP contribution in [0.2, 0.25) is 0 Å². The molecule has 1 nitrogen and oxygen atoms in total. The molecule has 2 heterocycles. The SMILES string of the molecule is CCCCCCc1ccc(-c2ccnc(-c3ccccc3)c2)s1. The minimum Gasteiger partial charge on any atom is -0.256 e. The lowest BCUT2D eigenvalue weighted by molar-refractivity contribution is 0.670. The molecule has 0 saturated carbocycles. The Morgan fingerprint density at radius 1 is 0.870 bits per heavy atom. The van der Waals surface area contributed by atoms with Crippen LogP contribution in [0.4, 0.5) is 0 Å². The van der Waals surface area contributed by atoms with Crippen molar-refractivity contribution in [1.82, 2.24) is 4.98 Å². The number of aryl methyl sites for hydroxylation is 1. The number of rotatable bonds is 7. The quantitative estimate of drug-likeness (QED) is 0.447. The van der Waals surface area contributed by atoms with E-state index in [1.165, 1.54) is 53.0 Å². The van der Waals surface area contributed by atoms with Crippen LogP contribution in [0, 0.1) is 0 Å². The Labute approximate surface area is 143 Å². The lowest BCUT2D eigenvalue weighted by Gasteiger charge is -2.03. The van der Waals surface area contributed by atoms with Crippen LogP contribution in [-0.4, -0.2) is 4.98 Å². The molecule has 0 aliphatic heterocycles. The maximum absolute atomic E-state index is 4.52. The van der Waals surface area contributed by atoms with E-state index in [2.05, 4.69) is 60.4 Å². The van der Waals surface area contributed by atoms with E-state index in [1.54, 1.807) is 0 Å². The third-order valence-electron chi connectivity index (χ3n) is 4.05. The predicted molar refractivity (Wildman–Crippen MR) is 101 cm³/mol. The van der Waals surface area contributed by atoms with Crippen molar-refractivity contribution in [2.45, 2.75) is 39.0 Å². The third-order valence-corrected chi connectivity index (χ3v) is 5.25. The fourth-order valence-corrected chi connectivity index (χ4v) is 3.79. The monoisotopic (exact) mass is 321 g/mol. The highest BCUT2D eigenvalue weighted by atomic mass is 32.1. The van der Waals surface area contributed by atoms with E-state index in [9.17, 15) is 0 Å². The number of pyridine rings is 1. The summed E-state index contributed by atoms with van der Waals surface area (Å²) in [6.07, 6.45) is 8.42. The van der Waals surface area contributed by atoms with Gasteiger partial charge in [0.1, 0.15) is 0 Å². The van der Waals surface area contributed by atoms with Gasteiger partial charge in [0, 0.05) is 21.5 Å². The summed E-state index contributed by atoms with van der Waals surface area (Å²) in [4.78, 5) is 7.35. The molecule has 2 heteroatoms. The summed E-state index contributed by atoms with van der Waals surface area (Å²) in [5, 5.41) is 0. The Bertz CT molecular complexity index is 730. The summed E-state index contributed by atoms with van der Waals surface area (Å²) in [7, 11) is 0. The molecule has 0 spiro atoms. The van der Waals surface area contributed by atoms with Crippen molar-refractivity contribution >= 4 is 11.3 Å². The number of thiophene rings is 1. The van der Waals surface area contributed by atoms with Gasteiger partial charge in [0.05, 0.1) is 5.69 Å². The van der Waals surface area contributed by atoms with Crippen molar-refractivity contribution in [2.75, 3.05) is 0 Å². The summed E-state index contributed by atoms with van der Waals surface area (Å²) in [5.41, 5.74) is 3.48. The second kappa shape index (κ2) is 8.07. The normalized spacial score (nSPS) is 10.8. The summed E-state index contributed by atoms with van der Waals surface area (Å²) < 4.78 is 0.